The lowest BCUT2D eigenvalue weighted by Crippen LogP contribution is -2.15. The molecule has 0 radical (unpaired) electrons. The number of halogens is 1. The Labute approximate surface area is 128 Å². The number of anilines is 1. The van der Waals surface area contributed by atoms with E-state index in [1.54, 1.807) is 30.5 Å². The summed E-state index contributed by atoms with van der Waals surface area (Å²) < 4.78 is 0. The van der Waals surface area contributed by atoms with Crippen LogP contribution in [0.4, 0.5) is 5.69 Å². The molecule has 0 aliphatic heterocycles. The molecule has 106 valence electrons. The summed E-state index contributed by atoms with van der Waals surface area (Å²) in [6, 6.07) is 8.85. The number of hydrogen-bond acceptors (Lipinski definition) is 3. The molecule has 0 fully saturated rings. The first-order valence-corrected chi connectivity index (χ1v) is 6.71. The van der Waals surface area contributed by atoms with E-state index in [9.17, 15) is 4.79 Å². The molecule has 1 aromatic carbocycles. The van der Waals surface area contributed by atoms with Gasteiger partial charge >= 0.3 is 0 Å². The highest BCUT2D eigenvalue weighted by atomic mass is 35.5. The predicted octanol–water partition coefficient (Wildman–Crippen LogP) is 2.61. The number of aromatic nitrogens is 1. The second-order valence-electron chi connectivity index (χ2n) is 4.34. The molecule has 1 amide bonds. The molecule has 1 heterocycles. The Morgan fingerprint density at radius 3 is 2.95 bits per heavy atom. The van der Waals surface area contributed by atoms with Crippen molar-refractivity contribution in [1.29, 1.82) is 0 Å². The smallest absolute Gasteiger partial charge is 0.275 e. The fraction of sp³-hybridized carbons (Fsp3) is 0.125. The van der Waals surface area contributed by atoms with E-state index < -0.39 is 0 Å². The number of hydrogen-bond donors (Lipinski definition) is 2. The Balaban J connectivity index is 2.28. The Morgan fingerprint density at radius 2 is 2.24 bits per heavy atom. The highest BCUT2D eigenvalue weighted by molar-refractivity contribution is 6.34. The van der Waals surface area contributed by atoms with Gasteiger partial charge in [0.2, 0.25) is 0 Å². The summed E-state index contributed by atoms with van der Waals surface area (Å²) in [7, 11) is 0. The van der Waals surface area contributed by atoms with Crippen molar-refractivity contribution in [2.45, 2.75) is 6.92 Å². The maximum atomic E-state index is 12.3. The molecule has 2 aromatic rings. The minimum atomic E-state index is -0.359. The molecule has 0 aliphatic rings. The Morgan fingerprint density at radius 1 is 1.43 bits per heavy atom. The van der Waals surface area contributed by atoms with Gasteiger partial charge in [0, 0.05) is 6.20 Å². The van der Waals surface area contributed by atoms with Gasteiger partial charge in [-0.25, -0.2) is 4.98 Å². The molecule has 1 aromatic heterocycles. The highest BCUT2D eigenvalue weighted by Crippen LogP contribution is 2.23. The largest absolute Gasteiger partial charge is 0.320 e. The van der Waals surface area contributed by atoms with Crippen LogP contribution in [-0.4, -0.2) is 17.4 Å². The van der Waals surface area contributed by atoms with Gasteiger partial charge in [-0.1, -0.05) is 29.5 Å². The van der Waals surface area contributed by atoms with Crippen LogP contribution in [0.15, 0.2) is 36.5 Å². The van der Waals surface area contributed by atoms with E-state index in [0.717, 1.165) is 5.56 Å². The van der Waals surface area contributed by atoms with Gasteiger partial charge in [-0.15, -0.1) is 0 Å². The van der Waals surface area contributed by atoms with Crippen molar-refractivity contribution in [2.75, 3.05) is 11.9 Å². The zero-order chi connectivity index (χ0) is 15.2. The van der Waals surface area contributed by atoms with Crippen molar-refractivity contribution in [2.24, 2.45) is 5.73 Å². The quantitative estimate of drug-likeness (QED) is 0.838. The van der Waals surface area contributed by atoms with Crippen LogP contribution in [0.5, 0.6) is 0 Å². The number of rotatable bonds is 2. The van der Waals surface area contributed by atoms with Crippen LogP contribution >= 0.6 is 11.6 Å². The lowest BCUT2D eigenvalue weighted by Gasteiger charge is -2.08. The number of pyridine rings is 1. The van der Waals surface area contributed by atoms with Gasteiger partial charge in [0.1, 0.15) is 5.69 Å². The molecular formula is C16H14ClN3O. The topological polar surface area (TPSA) is 68.0 Å². The van der Waals surface area contributed by atoms with Gasteiger partial charge in [0.15, 0.2) is 0 Å². The van der Waals surface area contributed by atoms with Crippen LogP contribution in [0.25, 0.3) is 0 Å². The monoisotopic (exact) mass is 299 g/mol. The summed E-state index contributed by atoms with van der Waals surface area (Å²) in [4.78, 5) is 16.4. The third kappa shape index (κ3) is 3.82. The molecular weight excluding hydrogens is 286 g/mol. The predicted molar refractivity (Wildman–Crippen MR) is 84.3 cm³/mol. The molecule has 0 saturated carbocycles. The summed E-state index contributed by atoms with van der Waals surface area (Å²) in [6.07, 6.45) is 1.54. The standard InChI is InChI=1S/C16H14ClN3O/c1-11-6-7-14(13(17)10-11)20-16(21)15-12(4-2-8-18)5-3-9-19-15/h3,5-7,9-10H,8,18H2,1H3,(H,20,21). The van der Waals surface area contributed by atoms with E-state index in [1.807, 2.05) is 13.0 Å². The van der Waals surface area contributed by atoms with Gasteiger partial charge < -0.3 is 11.1 Å². The molecule has 21 heavy (non-hydrogen) atoms. The average Bonchev–Trinajstić information content (AvgIpc) is 2.48. The average molecular weight is 300 g/mol. The van der Waals surface area contributed by atoms with Gasteiger partial charge in [-0.05, 0) is 36.8 Å². The summed E-state index contributed by atoms with van der Waals surface area (Å²) in [5, 5.41) is 3.22. The highest BCUT2D eigenvalue weighted by Gasteiger charge is 2.13. The van der Waals surface area contributed by atoms with Crippen molar-refractivity contribution in [3.05, 3.63) is 58.4 Å². The van der Waals surface area contributed by atoms with Crippen molar-refractivity contribution < 1.29 is 4.79 Å². The van der Waals surface area contributed by atoms with Gasteiger partial charge in [0.05, 0.1) is 22.8 Å². The molecule has 0 unspecified atom stereocenters. The van der Waals surface area contributed by atoms with E-state index >= 15 is 0 Å². The number of amides is 1. The second-order valence-corrected chi connectivity index (χ2v) is 4.75. The number of nitrogens with one attached hydrogen (secondary N) is 1. The molecule has 0 aliphatic carbocycles. The van der Waals surface area contributed by atoms with Crippen LogP contribution in [0.2, 0.25) is 5.02 Å². The van der Waals surface area contributed by atoms with Gasteiger partial charge in [-0.3, -0.25) is 4.79 Å². The molecule has 2 rings (SSSR count). The SMILES string of the molecule is Cc1ccc(NC(=O)c2ncccc2C#CCN)c(Cl)c1. The number of nitrogens with zero attached hydrogens (tertiary/aromatic N) is 1. The van der Waals surface area contributed by atoms with Gasteiger partial charge in [-0.2, -0.15) is 0 Å². The fourth-order valence-electron chi connectivity index (χ4n) is 1.74. The summed E-state index contributed by atoms with van der Waals surface area (Å²) in [5.74, 6) is 5.19. The zero-order valence-electron chi connectivity index (χ0n) is 11.5. The first-order chi connectivity index (χ1) is 10.1. The lowest BCUT2D eigenvalue weighted by molar-refractivity contribution is 0.102. The molecule has 3 N–H and O–H groups in total. The Bertz CT molecular complexity index is 732. The number of aryl methyl sites for hydroxylation is 1. The van der Waals surface area contributed by atoms with Crippen LogP contribution in [0, 0.1) is 18.8 Å². The second kappa shape index (κ2) is 6.89. The number of carbonyl (C=O) groups is 1. The normalized spacial score (nSPS) is 9.67. The van der Waals surface area contributed by atoms with E-state index in [0.29, 0.717) is 16.3 Å². The molecule has 0 atom stereocenters. The molecule has 5 heteroatoms. The first-order valence-electron chi connectivity index (χ1n) is 6.33. The van der Waals surface area contributed by atoms with Crippen LogP contribution in [-0.2, 0) is 0 Å². The fourth-order valence-corrected chi connectivity index (χ4v) is 2.02. The third-order valence-electron chi connectivity index (χ3n) is 2.72. The van der Waals surface area contributed by atoms with Crippen LogP contribution < -0.4 is 11.1 Å². The molecule has 0 bridgehead atoms. The van der Waals surface area contributed by atoms with E-state index in [-0.39, 0.29) is 18.1 Å². The minimum absolute atomic E-state index is 0.222. The van der Waals surface area contributed by atoms with Crippen molar-refractivity contribution in [3.8, 4) is 11.8 Å². The molecule has 4 nitrogen and oxygen atoms in total. The van der Waals surface area contributed by atoms with Crippen molar-refractivity contribution in [1.82, 2.24) is 4.98 Å². The van der Waals surface area contributed by atoms with Crippen molar-refractivity contribution >= 4 is 23.2 Å². The first kappa shape index (κ1) is 15.0. The van der Waals surface area contributed by atoms with Crippen LogP contribution in [0.1, 0.15) is 21.6 Å². The maximum absolute atomic E-state index is 12.3. The van der Waals surface area contributed by atoms with Crippen LogP contribution in [0.3, 0.4) is 0 Å². The van der Waals surface area contributed by atoms with Gasteiger partial charge in [0.25, 0.3) is 5.91 Å². The lowest BCUT2D eigenvalue weighted by atomic mass is 10.1. The summed E-state index contributed by atoms with van der Waals surface area (Å²) >= 11 is 6.10. The number of benzene rings is 1. The zero-order valence-corrected chi connectivity index (χ0v) is 12.2. The van der Waals surface area contributed by atoms with E-state index in [4.69, 9.17) is 17.3 Å². The summed E-state index contributed by atoms with van der Waals surface area (Å²) in [6.45, 7) is 2.15. The molecule has 0 spiro atoms. The minimum Gasteiger partial charge on any atom is -0.320 e. The van der Waals surface area contributed by atoms with Crippen molar-refractivity contribution in [3.63, 3.8) is 0 Å². The molecule has 0 saturated heterocycles. The number of carbonyl (C=O) groups excluding carboxylic acids is 1. The Hall–Kier alpha value is -2.35. The maximum Gasteiger partial charge on any atom is 0.275 e. The van der Waals surface area contributed by atoms with E-state index in [1.165, 1.54) is 0 Å². The third-order valence-corrected chi connectivity index (χ3v) is 3.03. The number of nitrogens with two attached hydrogens (primary N) is 1. The van der Waals surface area contributed by atoms with E-state index in [2.05, 4.69) is 22.1 Å². The Kier molecular flexibility index (Phi) is 4.94. The summed E-state index contributed by atoms with van der Waals surface area (Å²) in [5.41, 5.74) is 7.68.